The molecular formula is C19H26N2O. The molecule has 1 heterocycles. The van der Waals surface area contributed by atoms with E-state index in [2.05, 4.69) is 22.3 Å². The standard InChI is InChI=1S/C19H26N2O/c22-19(17-6-5-15-3-1-2-4-16(15)11-17)20-12-14-9-10-21(13-14)18-7-8-18/h5-6,11,14,18H,1-4,7-10,12-13H2,(H,20,22)/t14-/m0/s1. The molecule has 0 radical (unpaired) electrons. The molecule has 1 aliphatic heterocycles. The lowest BCUT2D eigenvalue weighted by Crippen LogP contribution is -2.31. The normalized spacial score (nSPS) is 25.0. The second-order valence-electron chi connectivity index (χ2n) is 7.28. The average molecular weight is 298 g/mol. The molecule has 1 N–H and O–H groups in total. The van der Waals surface area contributed by atoms with Gasteiger partial charge in [-0.25, -0.2) is 0 Å². The molecule has 3 aliphatic rings. The van der Waals surface area contributed by atoms with Gasteiger partial charge >= 0.3 is 0 Å². The zero-order valence-electron chi connectivity index (χ0n) is 13.3. The van der Waals surface area contributed by atoms with Crippen LogP contribution in [0.4, 0.5) is 0 Å². The zero-order valence-corrected chi connectivity index (χ0v) is 13.3. The Labute approximate surface area is 133 Å². The molecule has 1 saturated carbocycles. The summed E-state index contributed by atoms with van der Waals surface area (Å²) in [4.78, 5) is 15.0. The Hall–Kier alpha value is -1.35. The Morgan fingerprint density at radius 3 is 2.77 bits per heavy atom. The van der Waals surface area contributed by atoms with Gasteiger partial charge in [-0.15, -0.1) is 0 Å². The lowest BCUT2D eigenvalue weighted by molar-refractivity contribution is 0.0947. The number of hydrogen-bond donors (Lipinski definition) is 1. The highest BCUT2D eigenvalue weighted by Gasteiger charge is 2.34. The molecule has 0 unspecified atom stereocenters. The minimum Gasteiger partial charge on any atom is -0.352 e. The van der Waals surface area contributed by atoms with Crippen molar-refractivity contribution in [1.29, 1.82) is 0 Å². The highest BCUT2D eigenvalue weighted by molar-refractivity contribution is 5.94. The van der Waals surface area contributed by atoms with Crippen molar-refractivity contribution in [2.24, 2.45) is 5.92 Å². The molecule has 2 fully saturated rings. The molecular weight excluding hydrogens is 272 g/mol. The van der Waals surface area contributed by atoms with Gasteiger partial charge in [-0.3, -0.25) is 4.79 Å². The molecule has 3 nitrogen and oxygen atoms in total. The molecule has 1 saturated heterocycles. The molecule has 0 spiro atoms. The number of aryl methyl sites for hydroxylation is 2. The van der Waals surface area contributed by atoms with E-state index in [4.69, 9.17) is 0 Å². The van der Waals surface area contributed by atoms with Crippen LogP contribution in [0.2, 0.25) is 0 Å². The summed E-state index contributed by atoms with van der Waals surface area (Å²) in [6, 6.07) is 7.15. The van der Waals surface area contributed by atoms with Gasteiger partial charge < -0.3 is 10.2 Å². The van der Waals surface area contributed by atoms with Gasteiger partial charge in [0.25, 0.3) is 5.91 Å². The van der Waals surface area contributed by atoms with Crippen LogP contribution in [-0.4, -0.2) is 36.5 Å². The van der Waals surface area contributed by atoms with Crippen molar-refractivity contribution < 1.29 is 4.79 Å². The number of amides is 1. The van der Waals surface area contributed by atoms with E-state index in [1.807, 2.05) is 6.07 Å². The van der Waals surface area contributed by atoms with Crippen LogP contribution in [0.25, 0.3) is 0 Å². The fourth-order valence-corrected chi connectivity index (χ4v) is 4.01. The van der Waals surface area contributed by atoms with Gasteiger partial charge in [0.1, 0.15) is 0 Å². The number of nitrogens with one attached hydrogen (secondary N) is 1. The third-order valence-corrected chi connectivity index (χ3v) is 5.54. The van der Waals surface area contributed by atoms with Gasteiger partial charge in [0.2, 0.25) is 0 Å². The van der Waals surface area contributed by atoms with Crippen molar-refractivity contribution in [3.63, 3.8) is 0 Å². The number of fused-ring (bicyclic) bond motifs is 1. The first kappa shape index (κ1) is 14.3. The maximum Gasteiger partial charge on any atom is 0.251 e. The van der Waals surface area contributed by atoms with Gasteiger partial charge in [0.15, 0.2) is 0 Å². The van der Waals surface area contributed by atoms with Crippen molar-refractivity contribution in [3.8, 4) is 0 Å². The monoisotopic (exact) mass is 298 g/mol. The second-order valence-corrected chi connectivity index (χ2v) is 7.28. The molecule has 1 aromatic carbocycles. The number of likely N-dealkylation sites (tertiary alicyclic amines) is 1. The lowest BCUT2D eigenvalue weighted by Gasteiger charge is -2.17. The van der Waals surface area contributed by atoms with Crippen molar-refractivity contribution in [2.75, 3.05) is 19.6 Å². The molecule has 1 aromatic rings. The minimum absolute atomic E-state index is 0.109. The van der Waals surface area contributed by atoms with Crippen molar-refractivity contribution >= 4 is 5.91 Å². The summed E-state index contributed by atoms with van der Waals surface area (Å²) in [5.41, 5.74) is 3.68. The van der Waals surface area contributed by atoms with E-state index in [0.29, 0.717) is 5.92 Å². The summed E-state index contributed by atoms with van der Waals surface area (Å²) in [5, 5.41) is 3.16. The molecule has 1 atom stereocenters. The first-order valence-electron chi connectivity index (χ1n) is 8.93. The van der Waals surface area contributed by atoms with Crippen molar-refractivity contribution in [2.45, 2.75) is 51.0 Å². The van der Waals surface area contributed by atoms with Crippen LogP contribution in [0.5, 0.6) is 0 Å². The third kappa shape index (κ3) is 3.05. The number of carbonyl (C=O) groups excluding carboxylic acids is 1. The Morgan fingerprint density at radius 1 is 1.14 bits per heavy atom. The van der Waals surface area contributed by atoms with E-state index in [9.17, 15) is 4.79 Å². The smallest absolute Gasteiger partial charge is 0.251 e. The maximum atomic E-state index is 12.4. The first-order chi connectivity index (χ1) is 10.8. The fraction of sp³-hybridized carbons (Fsp3) is 0.632. The lowest BCUT2D eigenvalue weighted by atomic mass is 9.90. The quantitative estimate of drug-likeness (QED) is 0.927. The topological polar surface area (TPSA) is 32.3 Å². The van der Waals surface area contributed by atoms with Crippen molar-refractivity contribution in [1.82, 2.24) is 10.2 Å². The Kier molecular flexibility index (Phi) is 3.91. The molecule has 0 bridgehead atoms. The highest BCUT2D eigenvalue weighted by Crippen LogP contribution is 2.31. The number of hydrogen-bond acceptors (Lipinski definition) is 2. The van der Waals surface area contributed by atoms with Gasteiger partial charge in [-0.05, 0) is 80.7 Å². The predicted molar refractivity (Wildman–Crippen MR) is 88.1 cm³/mol. The first-order valence-corrected chi connectivity index (χ1v) is 8.93. The van der Waals surface area contributed by atoms with Crippen LogP contribution in [0.1, 0.15) is 53.6 Å². The molecule has 22 heavy (non-hydrogen) atoms. The van der Waals surface area contributed by atoms with Gasteiger partial charge in [0.05, 0.1) is 0 Å². The van der Waals surface area contributed by atoms with Gasteiger partial charge in [-0.2, -0.15) is 0 Å². The largest absolute Gasteiger partial charge is 0.352 e. The van der Waals surface area contributed by atoms with Crippen LogP contribution in [0.15, 0.2) is 18.2 Å². The number of carbonyl (C=O) groups is 1. The van der Waals surface area contributed by atoms with E-state index < -0.39 is 0 Å². The fourth-order valence-electron chi connectivity index (χ4n) is 4.01. The molecule has 118 valence electrons. The SMILES string of the molecule is O=C(NC[C@@H]1CCN(C2CC2)C1)c1ccc2c(c1)CCCC2. The summed E-state index contributed by atoms with van der Waals surface area (Å²) < 4.78 is 0. The van der Waals surface area contributed by atoms with E-state index in [1.54, 1.807) is 0 Å². The highest BCUT2D eigenvalue weighted by atomic mass is 16.1. The summed E-state index contributed by atoms with van der Waals surface area (Å²) in [5.74, 6) is 0.750. The van der Waals surface area contributed by atoms with Crippen LogP contribution in [-0.2, 0) is 12.8 Å². The Morgan fingerprint density at radius 2 is 1.95 bits per heavy atom. The second kappa shape index (κ2) is 6.04. The third-order valence-electron chi connectivity index (χ3n) is 5.54. The Balaban J connectivity index is 1.32. The summed E-state index contributed by atoms with van der Waals surface area (Å²) in [6.07, 6.45) is 8.87. The van der Waals surface area contributed by atoms with Crippen LogP contribution < -0.4 is 5.32 Å². The van der Waals surface area contributed by atoms with E-state index >= 15 is 0 Å². The Bertz CT molecular complexity index is 565. The van der Waals surface area contributed by atoms with Crippen molar-refractivity contribution in [3.05, 3.63) is 34.9 Å². The number of nitrogens with zero attached hydrogens (tertiary/aromatic N) is 1. The summed E-state index contributed by atoms with van der Waals surface area (Å²) >= 11 is 0. The van der Waals surface area contributed by atoms with Crippen LogP contribution >= 0.6 is 0 Å². The molecule has 0 aromatic heterocycles. The molecule has 4 rings (SSSR count). The molecule has 3 heteroatoms. The predicted octanol–water partition coefficient (Wildman–Crippen LogP) is 2.78. The van der Waals surface area contributed by atoms with E-state index in [1.165, 1.54) is 62.7 Å². The maximum absolute atomic E-state index is 12.4. The minimum atomic E-state index is 0.109. The van der Waals surface area contributed by atoms with Gasteiger partial charge in [0, 0.05) is 24.7 Å². The zero-order chi connectivity index (χ0) is 14.9. The van der Waals surface area contributed by atoms with E-state index in [-0.39, 0.29) is 5.91 Å². The van der Waals surface area contributed by atoms with E-state index in [0.717, 1.165) is 24.6 Å². The average Bonchev–Trinajstić information content (AvgIpc) is 3.31. The van der Waals surface area contributed by atoms with Gasteiger partial charge in [-0.1, -0.05) is 6.07 Å². The molecule has 1 amide bonds. The molecule has 2 aliphatic carbocycles. The van der Waals surface area contributed by atoms with Crippen LogP contribution in [0.3, 0.4) is 0 Å². The number of rotatable bonds is 4. The summed E-state index contributed by atoms with van der Waals surface area (Å²) in [6.45, 7) is 3.23. The number of benzene rings is 1. The summed E-state index contributed by atoms with van der Waals surface area (Å²) in [7, 11) is 0. The van der Waals surface area contributed by atoms with Crippen LogP contribution in [0, 0.1) is 5.92 Å².